The predicted octanol–water partition coefficient (Wildman–Crippen LogP) is 4.67. The van der Waals surface area contributed by atoms with Crippen molar-refractivity contribution in [3.05, 3.63) is 41.4 Å². The molecular weight excluding hydrogens is 575 g/mol. The van der Waals surface area contributed by atoms with Gasteiger partial charge in [0.2, 0.25) is 17.7 Å². The molecule has 230 valence electrons. The van der Waals surface area contributed by atoms with Crippen molar-refractivity contribution in [2.45, 2.75) is 82.6 Å². The Kier molecular flexibility index (Phi) is 9.57. The minimum Gasteiger partial charge on any atom is -0.359 e. The normalized spacial score (nSPS) is 35.5. The Labute approximate surface area is 260 Å². The van der Waals surface area contributed by atoms with Gasteiger partial charge in [-0.2, -0.15) is 0 Å². The number of carbonyl (C=O) groups is 3. The molecule has 1 spiro atoms. The Morgan fingerprint density at radius 3 is 2.62 bits per heavy atom. The van der Waals surface area contributed by atoms with Crippen LogP contribution in [0.1, 0.15) is 58.8 Å². The second kappa shape index (κ2) is 12.8. The number of likely N-dealkylation sites (tertiary alicyclic amines) is 2. The van der Waals surface area contributed by atoms with E-state index in [9.17, 15) is 14.4 Å². The molecule has 1 aliphatic carbocycles. The topological polar surface area (TPSA) is 91.0 Å². The quantitative estimate of drug-likeness (QED) is 0.413. The fourth-order valence-corrected chi connectivity index (χ4v) is 8.18. The number of benzene rings is 1. The van der Waals surface area contributed by atoms with Gasteiger partial charge in [0.05, 0.1) is 17.9 Å². The molecule has 1 aromatic rings. The number of hydrogen-bond donors (Lipinski definition) is 2. The molecule has 0 aromatic heterocycles. The van der Waals surface area contributed by atoms with E-state index in [-0.39, 0.29) is 36.2 Å². The Morgan fingerprint density at radius 2 is 1.86 bits per heavy atom. The molecular formula is C32H44Cl2N4O4. The van der Waals surface area contributed by atoms with Gasteiger partial charge in [0.15, 0.2) is 0 Å². The van der Waals surface area contributed by atoms with E-state index in [1.165, 1.54) is 25.7 Å². The second-order valence-corrected chi connectivity index (χ2v) is 13.3. The number of carbonyl (C=O) groups excluding carboxylic acids is 3. The Hall–Kier alpha value is -2.13. The van der Waals surface area contributed by atoms with Crippen LogP contribution < -0.4 is 10.6 Å². The number of piperidine rings is 1. The molecule has 3 amide bonds. The summed E-state index contributed by atoms with van der Waals surface area (Å²) in [5.74, 6) is -1.18. The molecule has 8 atom stereocenters. The van der Waals surface area contributed by atoms with Gasteiger partial charge in [-0.15, -0.1) is 12.4 Å². The standard InChI is InChI=1S/C32H43ClN4O4.ClH/c1-20-9-6-12-24(21(20)2)35-30(39)28-32-14-13-25(41-32)26(29(38)34-23-11-7-10-22(33)19-23)27(32)31(40)37(28)18-8-17-36-15-4-3-5-16-36;/h7,10-11,13-14,19-21,24-28H,3-6,8-9,12,15-18H2,1-2H3,(H,34,38)(H,35,39);1H. The SMILES string of the molecule is CC1CCCC(NC(=O)C2N(CCCN3CCCCC3)C(=O)C3C(C(=O)Nc4cccc(Cl)c4)C4C=CC32O4)C1C.Cl. The monoisotopic (exact) mass is 618 g/mol. The summed E-state index contributed by atoms with van der Waals surface area (Å²) in [5, 5.41) is 6.80. The highest BCUT2D eigenvalue weighted by Crippen LogP contribution is 2.55. The van der Waals surface area contributed by atoms with E-state index in [1.807, 2.05) is 12.2 Å². The lowest BCUT2D eigenvalue weighted by atomic mass is 9.73. The molecule has 8 nitrogen and oxygen atoms in total. The van der Waals surface area contributed by atoms with Crippen LogP contribution in [0.25, 0.3) is 0 Å². The molecule has 42 heavy (non-hydrogen) atoms. The Balaban J connectivity index is 0.00000353. The van der Waals surface area contributed by atoms with E-state index in [0.717, 1.165) is 38.9 Å². The number of halogens is 2. The summed E-state index contributed by atoms with van der Waals surface area (Å²) in [6.45, 7) is 7.98. The van der Waals surface area contributed by atoms with Crippen molar-refractivity contribution in [1.29, 1.82) is 0 Å². The largest absolute Gasteiger partial charge is 0.359 e. The zero-order chi connectivity index (χ0) is 28.7. The number of fused-ring (bicyclic) bond motifs is 1. The summed E-state index contributed by atoms with van der Waals surface area (Å²) >= 11 is 6.14. The average Bonchev–Trinajstić information content (AvgIpc) is 3.59. The fourth-order valence-electron chi connectivity index (χ4n) is 7.99. The van der Waals surface area contributed by atoms with E-state index in [2.05, 4.69) is 29.4 Å². The number of hydrogen-bond acceptors (Lipinski definition) is 5. The van der Waals surface area contributed by atoms with Crippen molar-refractivity contribution < 1.29 is 19.1 Å². The van der Waals surface area contributed by atoms with Crippen LogP contribution in [0.4, 0.5) is 5.69 Å². The molecule has 2 bridgehead atoms. The van der Waals surface area contributed by atoms with Gasteiger partial charge < -0.3 is 25.2 Å². The van der Waals surface area contributed by atoms with Crippen molar-refractivity contribution in [1.82, 2.24) is 15.1 Å². The molecule has 1 aromatic carbocycles. The van der Waals surface area contributed by atoms with Crippen molar-refractivity contribution >= 4 is 47.4 Å². The van der Waals surface area contributed by atoms with Crippen LogP contribution in [0.15, 0.2) is 36.4 Å². The molecule has 4 heterocycles. The van der Waals surface area contributed by atoms with Crippen LogP contribution in [0.5, 0.6) is 0 Å². The fraction of sp³-hybridized carbons (Fsp3) is 0.656. The molecule has 4 fully saturated rings. The minimum atomic E-state index is -1.14. The number of anilines is 1. The van der Waals surface area contributed by atoms with Gasteiger partial charge in [-0.3, -0.25) is 14.4 Å². The average molecular weight is 620 g/mol. The molecule has 5 aliphatic rings. The predicted molar refractivity (Wildman–Crippen MR) is 166 cm³/mol. The smallest absolute Gasteiger partial charge is 0.246 e. The first-order valence-corrected chi connectivity index (χ1v) is 15.9. The van der Waals surface area contributed by atoms with Gasteiger partial charge in [-0.1, -0.05) is 62.9 Å². The van der Waals surface area contributed by atoms with Gasteiger partial charge in [-0.05, 0) is 75.4 Å². The van der Waals surface area contributed by atoms with Gasteiger partial charge in [0, 0.05) is 23.3 Å². The van der Waals surface area contributed by atoms with Crippen LogP contribution in [0.2, 0.25) is 5.02 Å². The van der Waals surface area contributed by atoms with Crippen molar-refractivity contribution in [3.63, 3.8) is 0 Å². The Morgan fingerprint density at radius 1 is 1.07 bits per heavy atom. The van der Waals surface area contributed by atoms with Crippen molar-refractivity contribution in [2.24, 2.45) is 23.7 Å². The van der Waals surface area contributed by atoms with Crippen LogP contribution in [-0.4, -0.2) is 77.5 Å². The highest BCUT2D eigenvalue weighted by atomic mass is 35.5. The minimum absolute atomic E-state index is 0. The maximum absolute atomic E-state index is 14.2. The summed E-state index contributed by atoms with van der Waals surface area (Å²) in [5.41, 5.74) is -0.571. The summed E-state index contributed by atoms with van der Waals surface area (Å²) < 4.78 is 6.52. The lowest BCUT2D eigenvalue weighted by Gasteiger charge is -2.38. The van der Waals surface area contributed by atoms with Gasteiger partial charge in [0.1, 0.15) is 11.6 Å². The number of nitrogens with one attached hydrogen (secondary N) is 2. The number of amides is 3. The third-order valence-electron chi connectivity index (χ3n) is 10.4. The van der Waals surface area contributed by atoms with Crippen LogP contribution in [-0.2, 0) is 19.1 Å². The highest BCUT2D eigenvalue weighted by Gasteiger charge is 2.72. The zero-order valence-corrected chi connectivity index (χ0v) is 26.2. The number of nitrogens with zero attached hydrogens (tertiary/aromatic N) is 2. The van der Waals surface area contributed by atoms with Gasteiger partial charge in [0.25, 0.3) is 0 Å². The molecule has 6 rings (SSSR count). The number of rotatable bonds is 8. The molecule has 2 N–H and O–H groups in total. The Bertz CT molecular complexity index is 1210. The third kappa shape index (κ3) is 5.72. The van der Waals surface area contributed by atoms with Crippen LogP contribution in [0.3, 0.4) is 0 Å². The van der Waals surface area contributed by atoms with E-state index < -0.39 is 29.6 Å². The molecule has 1 saturated carbocycles. The summed E-state index contributed by atoms with van der Waals surface area (Å²) in [6.07, 6.45) is 10.9. The van der Waals surface area contributed by atoms with Crippen LogP contribution >= 0.6 is 24.0 Å². The lowest BCUT2D eigenvalue weighted by molar-refractivity contribution is -0.141. The van der Waals surface area contributed by atoms with Crippen molar-refractivity contribution in [3.8, 4) is 0 Å². The molecule has 4 aliphatic heterocycles. The summed E-state index contributed by atoms with van der Waals surface area (Å²) in [6, 6.07) is 6.25. The van der Waals surface area contributed by atoms with E-state index in [4.69, 9.17) is 16.3 Å². The first-order chi connectivity index (χ1) is 19.8. The molecule has 3 saturated heterocycles. The maximum atomic E-state index is 14.2. The first kappa shape index (κ1) is 31.3. The van der Waals surface area contributed by atoms with Gasteiger partial charge >= 0.3 is 0 Å². The zero-order valence-electron chi connectivity index (χ0n) is 24.6. The molecule has 10 heteroatoms. The second-order valence-electron chi connectivity index (χ2n) is 12.9. The summed E-state index contributed by atoms with van der Waals surface area (Å²) in [4.78, 5) is 46.2. The maximum Gasteiger partial charge on any atom is 0.246 e. The first-order valence-electron chi connectivity index (χ1n) is 15.6. The highest BCUT2D eigenvalue weighted by molar-refractivity contribution is 6.30. The van der Waals surface area contributed by atoms with E-state index >= 15 is 0 Å². The van der Waals surface area contributed by atoms with Crippen LogP contribution in [0, 0.1) is 23.7 Å². The van der Waals surface area contributed by atoms with E-state index in [0.29, 0.717) is 29.1 Å². The lowest BCUT2D eigenvalue weighted by Crippen LogP contribution is -2.58. The van der Waals surface area contributed by atoms with Gasteiger partial charge in [-0.25, -0.2) is 0 Å². The summed E-state index contributed by atoms with van der Waals surface area (Å²) in [7, 11) is 0. The third-order valence-corrected chi connectivity index (χ3v) is 10.6. The van der Waals surface area contributed by atoms with Crippen molar-refractivity contribution in [2.75, 3.05) is 31.5 Å². The molecule has 8 unspecified atom stereocenters. The number of ether oxygens (including phenoxy) is 1. The van der Waals surface area contributed by atoms with E-state index in [1.54, 1.807) is 29.2 Å². The molecule has 0 radical (unpaired) electrons.